The average Bonchev–Trinajstić information content (AvgIpc) is 2.84. The number of hydrogen-bond acceptors (Lipinski definition) is 3. The van der Waals surface area contributed by atoms with E-state index >= 15 is 0 Å². The zero-order valence-electron chi connectivity index (χ0n) is 12.8. The van der Waals surface area contributed by atoms with Gasteiger partial charge in [-0.3, -0.25) is 4.79 Å². The minimum atomic E-state index is -0.0438. The number of benzene rings is 1. The van der Waals surface area contributed by atoms with Gasteiger partial charge in [-0.15, -0.1) is 0 Å². The molecule has 0 spiro atoms. The Morgan fingerprint density at radius 2 is 2.14 bits per heavy atom. The molecular weight excluding hydrogens is 300 g/mol. The Hall–Kier alpha value is -2.01. The van der Waals surface area contributed by atoms with Crippen LogP contribution in [-0.2, 0) is 11.3 Å². The van der Waals surface area contributed by atoms with E-state index in [0.717, 1.165) is 42.3 Å². The molecule has 1 aliphatic heterocycles. The van der Waals surface area contributed by atoms with E-state index in [2.05, 4.69) is 15.3 Å². The van der Waals surface area contributed by atoms with Crippen LogP contribution in [0.4, 0.5) is 11.5 Å². The molecular formula is C16H19ClN4O. The average molecular weight is 319 g/mol. The molecule has 116 valence electrons. The van der Waals surface area contributed by atoms with E-state index in [9.17, 15) is 4.79 Å². The van der Waals surface area contributed by atoms with Gasteiger partial charge in [-0.05, 0) is 38.0 Å². The Kier molecular flexibility index (Phi) is 4.07. The molecule has 1 aliphatic rings. The number of aromatic nitrogens is 2. The largest absolute Gasteiger partial charge is 0.347 e. The number of hydrogen-bond donors (Lipinski definition) is 1. The van der Waals surface area contributed by atoms with Gasteiger partial charge in [0.05, 0.1) is 12.2 Å². The van der Waals surface area contributed by atoms with Crippen molar-refractivity contribution < 1.29 is 4.79 Å². The fourth-order valence-corrected chi connectivity index (χ4v) is 2.90. The summed E-state index contributed by atoms with van der Waals surface area (Å²) >= 11 is 5.99. The number of rotatable bonds is 3. The molecule has 22 heavy (non-hydrogen) atoms. The first-order chi connectivity index (χ1) is 10.5. The highest BCUT2D eigenvalue weighted by molar-refractivity contribution is 6.31. The molecule has 0 saturated heterocycles. The van der Waals surface area contributed by atoms with Crippen LogP contribution in [0, 0.1) is 13.8 Å². The van der Waals surface area contributed by atoms with Crippen LogP contribution in [-0.4, -0.2) is 28.8 Å². The van der Waals surface area contributed by atoms with Gasteiger partial charge in [-0.25, -0.2) is 4.68 Å². The maximum Gasteiger partial charge on any atom is 0.243 e. The third kappa shape index (κ3) is 3.09. The Labute approximate surface area is 134 Å². The molecule has 0 atom stereocenters. The van der Waals surface area contributed by atoms with E-state index < -0.39 is 0 Å². The fourth-order valence-electron chi connectivity index (χ4n) is 2.73. The maximum absolute atomic E-state index is 12.3. The van der Waals surface area contributed by atoms with Crippen molar-refractivity contribution in [3.63, 3.8) is 0 Å². The highest BCUT2D eigenvalue weighted by Gasteiger charge is 2.20. The predicted molar refractivity (Wildman–Crippen MR) is 88.6 cm³/mol. The van der Waals surface area contributed by atoms with Gasteiger partial charge in [0.15, 0.2) is 0 Å². The number of carbonyl (C=O) groups excluding carboxylic acids is 1. The molecule has 0 bridgehead atoms. The van der Waals surface area contributed by atoms with Crippen LogP contribution in [0.15, 0.2) is 24.3 Å². The highest BCUT2D eigenvalue weighted by Crippen LogP contribution is 2.23. The van der Waals surface area contributed by atoms with Crippen molar-refractivity contribution in [2.24, 2.45) is 0 Å². The van der Waals surface area contributed by atoms with E-state index in [-0.39, 0.29) is 5.91 Å². The zero-order valence-corrected chi connectivity index (χ0v) is 13.5. The van der Waals surface area contributed by atoms with E-state index in [1.54, 1.807) is 6.07 Å². The SMILES string of the molecule is Cc1cc2n(n1)CCCN2CC(=O)Nc1cc(Cl)ccc1C. The topological polar surface area (TPSA) is 50.2 Å². The lowest BCUT2D eigenvalue weighted by molar-refractivity contribution is -0.115. The van der Waals surface area contributed by atoms with Crippen molar-refractivity contribution in [3.05, 3.63) is 40.5 Å². The normalized spacial score (nSPS) is 13.9. The van der Waals surface area contributed by atoms with Gasteiger partial charge in [0.25, 0.3) is 0 Å². The highest BCUT2D eigenvalue weighted by atomic mass is 35.5. The minimum absolute atomic E-state index is 0.0438. The van der Waals surface area contributed by atoms with Crippen LogP contribution >= 0.6 is 11.6 Å². The standard InChI is InChI=1S/C16H19ClN4O/c1-11-4-5-13(17)9-14(11)18-15(22)10-20-6-3-7-21-16(20)8-12(2)19-21/h4-5,8-9H,3,6-7,10H2,1-2H3,(H,18,22). The molecule has 5 nitrogen and oxygen atoms in total. The number of aryl methyl sites for hydroxylation is 3. The second-order valence-electron chi connectivity index (χ2n) is 5.65. The predicted octanol–water partition coefficient (Wildman–Crippen LogP) is 3.00. The van der Waals surface area contributed by atoms with Crippen molar-refractivity contribution in [1.82, 2.24) is 9.78 Å². The van der Waals surface area contributed by atoms with Crippen molar-refractivity contribution in [2.45, 2.75) is 26.8 Å². The lowest BCUT2D eigenvalue weighted by Crippen LogP contribution is -2.38. The zero-order chi connectivity index (χ0) is 15.7. The smallest absolute Gasteiger partial charge is 0.243 e. The summed E-state index contributed by atoms with van der Waals surface area (Å²) in [5, 5.41) is 8.00. The molecule has 0 saturated carbocycles. The van der Waals surface area contributed by atoms with Gasteiger partial charge in [0.1, 0.15) is 5.82 Å². The Morgan fingerprint density at radius 3 is 2.95 bits per heavy atom. The van der Waals surface area contributed by atoms with Crippen LogP contribution in [0.3, 0.4) is 0 Å². The van der Waals surface area contributed by atoms with Crippen LogP contribution in [0.5, 0.6) is 0 Å². The summed E-state index contributed by atoms with van der Waals surface area (Å²) in [7, 11) is 0. The van der Waals surface area contributed by atoms with Gasteiger partial charge >= 0.3 is 0 Å². The van der Waals surface area contributed by atoms with Gasteiger partial charge in [-0.1, -0.05) is 17.7 Å². The number of carbonyl (C=O) groups is 1. The summed E-state index contributed by atoms with van der Waals surface area (Å²) < 4.78 is 1.97. The summed E-state index contributed by atoms with van der Waals surface area (Å²) in [6.07, 6.45) is 0.998. The number of halogens is 1. The number of anilines is 2. The van der Waals surface area contributed by atoms with Gasteiger partial charge in [0, 0.05) is 29.9 Å². The maximum atomic E-state index is 12.3. The van der Waals surface area contributed by atoms with Gasteiger partial charge in [0.2, 0.25) is 5.91 Å². The first kappa shape index (κ1) is 14.9. The Bertz CT molecular complexity index is 710. The first-order valence-corrected chi connectivity index (χ1v) is 7.76. The molecule has 1 N–H and O–H groups in total. The Morgan fingerprint density at radius 1 is 1.32 bits per heavy atom. The van der Waals surface area contributed by atoms with Crippen molar-refractivity contribution in [3.8, 4) is 0 Å². The third-order valence-corrected chi connectivity index (χ3v) is 4.05. The second kappa shape index (κ2) is 6.01. The quantitative estimate of drug-likeness (QED) is 0.946. The number of nitrogens with zero attached hydrogens (tertiary/aromatic N) is 3. The van der Waals surface area contributed by atoms with Crippen LogP contribution in [0.1, 0.15) is 17.7 Å². The third-order valence-electron chi connectivity index (χ3n) is 3.81. The van der Waals surface area contributed by atoms with Crippen molar-refractivity contribution in [2.75, 3.05) is 23.3 Å². The summed E-state index contributed by atoms with van der Waals surface area (Å²) in [6.45, 7) is 6.02. The molecule has 2 aromatic rings. The second-order valence-corrected chi connectivity index (χ2v) is 6.09. The molecule has 3 rings (SSSR count). The summed E-state index contributed by atoms with van der Waals surface area (Å²) in [5.41, 5.74) is 2.74. The molecule has 0 radical (unpaired) electrons. The first-order valence-electron chi connectivity index (χ1n) is 7.38. The van der Waals surface area contributed by atoms with Crippen LogP contribution in [0.25, 0.3) is 0 Å². The molecule has 2 heterocycles. The molecule has 1 aromatic carbocycles. The minimum Gasteiger partial charge on any atom is -0.347 e. The molecule has 0 fully saturated rings. The number of amides is 1. The number of fused-ring (bicyclic) bond motifs is 1. The van der Waals surface area contributed by atoms with Crippen molar-refractivity contribution >= 4 is 29.0 Å². The van der Waals surface area contributed by atoms with E-state index in [4.69, 9.17) is 11.6 Å². The van der Waals surface area contributed by atoms with Gasteiger partial charge in [-0.2, -0.15) is 5.10 Å². The van der Waals surface area contributed by atoms with Crippen LogP contribution in [0.2, 0.25) is 5.02 Å². The Balaban J connectivity index is 1.71. The molecule has 0 aliphatic carbocycles. The van der Waals surface area contributed by atoms with E-state index in [0.29, 0.717) is 11.6 Å². The summed E-state index contributed by atoms with van der Waals surface area (Å²) in [5.74, 6) is 0.972. The lowest BCUT2D eigenvalue weighted by atomic mass is 10.2. The van der Waals surface area contributed by atoms with Crippen molar-refractivity contribution in [1.29, 1.82) is 0 Å². The van der Waals surface area contributed by atoms with E-state index in [1.165, 1.54) is 0 Å². The monoisotopic (exact) mass is 318 g/mol. The molecule has 1 amide bonds. The van der Waals surface area contributed by atoms with Crippen LogP contribution < -0.4 is 10.2 Å². The fraction of sp³-hybridized carbons (Fsp3) is 0.375. The summed E-state index contributed by atoms with van der Waals surface area (Å²) in [6, 6.07) is 7.52. The van der Waals surface area contributed by atoms with E-state index in [1.807, 2.05) is 36.7 Å². The lowest BCUT2D eigenvalue weighted by Gasteiger charge is -2.28. The molecule has 0 unspecified atom stereocenters. The van der Waals surface area contributed by atoms with Gasteiger partial charge < -0.3 is 10.2 Å². The molecule has 6 heteroatoms. The number of nitrogens with one attached hydrogen (secondary N) is 1. The summed E-state index contributed by atoms with van der Waals surface area (Å²) in [4.78, 5) is 14.4. The molecule has 1 aromatic heterocycles.